The molecule has 0 bridgehead atoms. The number of rotatable bonds is 4. The molecule has 0 radical (unpaired) electrons. The van der Waals surface area contributed by atoms with E-state index in [2.05, 4.69) is 0 Å². The number of fused-ring (bicyclic) bond motifs is 2. The predicted octanol–water partition coefficient (Wildman–Crippen LogP) is 3.62. The molecule has 2 aliphatic rings. The second kappa shape index (κ2) is 7.77. The summed E-state index contributed by atoms with van der Waals surface area (Å²) in [5.74, 6) is 0. The van der Waals surface area contributed by atoms with Crippen molar-refractivity contribution in [3.63, 3.8) is 0 Å². The number of hydrogen-bond donors (Lipinski definition) is 0. The molecule has 1 atom stereocenters. The lowest BCUT2D eigenvalue weighted by Crippen LogP contribution is -2.53. The molecule has 0 aliphatic carbocycles. The third-order valence-corrected chi connectivity index (χ3v) is 9.00. The van der Waals surface area contributed by atoms with Crippen LogP contribution in [0.2, 0.25) is 0 Å². The van der Waals surface area contributed by atoms with Crippen LogP contribution in [0.5, 0.6) is 0 Å². The standard InChI is InChI=1S/C22H22N2O4S2/c25-13-22-24(19-7-3-1-5-16(19)14-28-22)17-9-11-23(12-10-17)30(26,27)21-15-29-20-8-4-2-6-18(20)21/h1-8,13,15,17,22H,9-12,14H2. The minimum Gasteiger partial charge on any atom is -0.346 e. The summed E-state index contributed by atoms with van der Waals surface area (Å²) in [7, 11) is -3.55. The first-order valence-electron chi connectivity index (χ1n) is 9.99. The zero-order valence-electron chi connectivity index (χ0n) is 16.3. The molecule has 156 valence electrons. The van der Waals surface area contributed by atoms with Crippen LogP contribution in [0, 0.1) is 0 Å². The molecule has 0 saturated carbocycles. The van der Waals surface area contributed by atoms with Gasteiger partial charge in [-0.2, -0.15) is 4.31 Å². The number of anilines is 1. The van der Waals surface area contributed by atoms with Gasteiger partial charge in [-0.3, -0.25) is 4.79 Å². The predicted molar refractivity (Wildman–Crippen MR) is 117 cm³/mol. The third kappa shape index (κ3) is 3.24. The highest BCUT2D eigenvalue weighted by atomic mass is 32.2. The summed E-state index contributed by atoms with van der Waals surface area (Å²) in [6, 6.07) is 15.6. The Morgan fingerprint density at radius 3 is 2.57 bits per heavy atom. The van der Waals surface area contributed by atoms with Gasteiger partial charge in [0, 0.05) is 45.8 Å². The van der Waals surface area contributed by atoms with E-state index in [1.165, 1.54) is 11.3 Å². The van der Waals surface area contributed by atoms with Crippen molar-refractivity contribution in [1.82, 2.24) is 4.31 Å². The first-order chi connectivity index (χ1) is 14.6. The number of thiophene rings is 1. The second-order valence-electron chi connectivity index (χ2n) is 7.61. The second-order valence-corrected chi connectivity index (χ2v) is 10.4. The van der Waals surface area contributed by atoms with E-state index < -0.39 is 16.3 Å². The Bertz CT molecular complexity index is 1180. The Hall–Kier alpha value is -2.26. The largest absolute Gasteiger partial charge is 0.346 e. The van der Waals surface area contributed by atoms with Crippen LogP contribution in [0.15, 0.2) is 58.8 Å². The van der Waals surface area contributed by atoms with Crippen LogP contribution in [0.3, 0.4) is 0 Å². The number of piperidine rings is 1. The molecule has 0 amide bonds. The zero-order chi connectivity index (χ0) is 20.7. The molecule has 0 N–H and O–H groups in total. The van der Waals surface area contributed by atoms with Gasteiger partial charge in [-0.1, -0.05) is 36.4 Å². The lowest BCUT2D eigenvalue weighted by Gasteiger charge is -2.44. The van der Waals surface area contributed by atoms with Gasteiger partial charge in [0.05, 0.1) is 6.61 Å². The SMILES string of the molecule is O=CC1OCc2ccccc2N1C1CCN(S(=O)(=O)c2csc3ccccc23)CC1. The summed E-state index contributed by atoms with van der Waals surface area (Å²) in [6.07, 6.45) is 1.48. The molecule has 3 heterocycles. The minimum absolute atomic E-state index is 0.0484. The van der Waals surface area contributed by atoms with E-state index >= 15 is 0 Å². The van der Waals surface area contributed by atoms with E-state index in [0.29, 0.717) is 37.4 Å². The van der Waals surface area contributed by atoms with E-state index in [1.807, 2.05) is 53.4 Å². The molecule has 0 spiro atoms. The maximum absolute atomic E-state index is 13.3. The van der Waals surface area contributed by atoms with E-state index in [9.17, 15) is 13.2 Å². The molecule has 6 nitrogen and oxygen atoms in total. The van der Waals surface area contributed by atoms with Crippen molar-refractivity contribution in [1.29, 1.82) is 0 Å². The maximum atomic E-state index is 13.3. The van der Waals surface area contributed by atoms with E-state index in [1.54, 1.807) is 9.69 Å². The van der Waals surface area contributed by atoms with Crippen molar-refractivity contribution < 1.29 is 17.9 Å². The van der Waals surface area contributed by atoms with Crippen LogP contribution in [0.25, 0.3) is 10.1 Å². The lowest BCUT2D eigenvalue weighted by molar-refractivity contribution is -0.120. The molecule has 2 aromatic carbocycles. The molecule has 1 fully saturated rings. The maximum Gasteiger partial charge on any atom is 0.244 e. The van der Waals surface area contributed by atoms with Crippen molar-refractivity contribution in [2.24, 2.45) is 0 Å². The van der Waals surface area contributed by atoms with Gasteiger partial charge in [0.25, 0.3) is 0 Å². The van der Waals surface area contributed by atoms with Crippen LogP contribution >= 0.6 is 11.3 Å². The molecule has 1 aromatic heterocycles. The van der Waals surface area contributed by atoms with Crippen LogP contribution < -0.4 is 4.90 Å². The Morgan fingerprint density at radius 2 is 1.77 bits per heavy atom. The van der Waals surface area contributed by atoms with Crippen LogP contribution in [0.1, 0.15) is 18.4 Å². The van der Waals surface area contributed by atoms with Gasteiger partial charge >= 0.3 is 0 Å². The van der Waals surface area contributed by atoms with Crippen molar-refractivity contribution in [2.45, 2.75) is 36.6 Å². The van der Waals surface area contributed by atoms with Crippen molar-refractivity contribution in [3.05, 3.63) is 59.5 Å². The normalized spacial score (nSPS) is 20.9. The van der Waals surface area contributed by atoms with Crippen LogP contribution in [0.4, 0.5) is 5.69 Å². The summed E-state index contributed by atoms with van der Waals surface area (Å²) >= 11 is 1.45. The number of carbonyl (C=O) groups excluding carboxylic acids is 1. The average Bonchev–Trinajstić information content (AvgIpc) is 3.23. The van der Waals surface area contributed by atoms with E-state index in [0.717, 1.165) is 27.6 Å². The fourth-order valence-corrected chi connectivity index (χ4v) is 7.38. The topological polar surface area (TPSA) is 66.9 Å². The highest BCUT2D eigenvalue weighted by Crippen LogP contribution is 2.36. The van der Waals surface area contributed by atoms with E-state index in [4.69, 9.17) is 4.74 Å². The van der Waals surface area contributed by atoms with Gasteiger partial charge in [0.2, 0.25) is 10.0 Å². The first kappa shape index (κ1) is 19.7. The number of aldehydes is 1. The fourth-order valence-electron chi connectivity index (χ4n) is 4.44. The Labute approximate surface area is 179 Å². The molecule has 1 unspecified atom stereocenters. The summed E-state index contributed by atoms with van der Waals surface area (Å²) in [4.78, 5) is 14.1. The molecular formula is C22H22N2O4S2. The molecular weight excluding hydrogens is 420 g/mol. The number of sulfonamides is 1. The van der Waals surface area contributed by atoms with E-state index in [-0.39, 0.29) is 6.04 Å². The molecule has 2 aliphatic heterocycles. The molecule has 1 saturated heterocycles. The average molecular weight is 443 g/mol. The Morgan fingerprint density at radius 1 is 1.03 bits per heavy atom. The number of benzene rings is 2. The quantitative estimate of drug-likeness (QED) is 0.578. The van der Waals surface area contributed by atoms with Crippen molar-refractivity contribution in [3.8, 4) is 0 Å². The van der Waals surface area contributed by atoms with Gasteiger partial charge in [-0.15, -0.1) is 11.3 Å². The first-order valence-corrected chi connectivity index (χ1v) is 12.3. The monoisotopic (exact) mass is 442 g/mol. The highest BCUT2D eigenvalue weighted by Gasteiger charge is 2.37. The minimum atomic E-state index is -3.55. The molecule has 5 rings (SSSR count). The molecule has 30 heavy (non-hydrogen) atoms. The van der Waals surface area contributed by atoms with Gasteiger partial charge in [-0.05, 0) is 25.0 Å². The number of nitrogens with zero attached hydrogens (tertiary/aromatic N) is 2. The summed E-state index contributed by atoms with van der Waals surface area (Å²) in [6.45, 7) is 1.25. The van der Waals surface area contributed by atoms with Gasteiger partial charge in [0.1, 0.15) is 4.90 Å². The van der Waals surface area contributed by atoms with Crippen molar-refractivity contribution >= 4 is 43.4 Å². The molecule has 3 aromatic rings. The smallest absolute Gasteiger partial charge is 0.244 e. The number of ether oxygens (including phenoxy) is 1. The van der Waals surface area contributed by atoms with Gasteiger partial charge < -0.3 is 9.64 Å². The number of hydrogen-bond acceptors (Lipinski definition) is 6. The molecule has 8 heteroatoms. The summed E-state index contributed by atoms with van der Waals surface area (Å²) in [5.41, 5.74) is 2.06. The highest BCUT2D eigenvalue weighted by molar-refractivity contribution is 7.89. The van der Waals surface area contributed by atoms with Crippen LogP contribution in [-0.2, 0) is 26.2 Å². The fraction of sp³-hybridized carbons (Fsp3) is 0.318. The summed E-state index contributed by atoms with van der Waals surface area (Å²) in [5, 5.41) is 2.52. The number of para-hydroxylation sites is 1. The van der Waals surface area contributed by atoms with Gasteiger partial charge in [-0.25, -0.2) is 8.42 Å². The Kier molecular flexibility index (Phi) is 5.10. The number of carbonyl (C=O) groups is 1. The lowest BCUT2D eigenvalue weighted by atomic mass is 10.0. The van der Waals surface area contributed by atoms with Crippen molar-refractivity contribution in [2.75, 3.05) is 18.0 Å². The summed E-state index contributed by atoms with van der Waals surface area (Å²) < 4.78 is 34.9. The Balaban J connectivity index is 1.38. The van der Waals surface area contributed by atoms with Gasteiger partial charge in [0.15, 0.2) is 12.5 Å². The third-order valence-electron chi connectivity index (χ3n) is 5.95. The zero-order valence-corrected chi connectivity index (χ0v) is 17.9. The van der Waals surface area contributed by atoms with Crippen LogP contribution in [-0.4, -0.2) is 44.4 Å².